The Morgan fingerprint density at radius 2 is 2.04 bits per heavy atom. The smallest absolute Gasteiger partial charge is 0.317 e. The van der Waals surface area contributed by atoms with E-state index >= 15 is 0 Å². The lowest BCUT2D eigenvalue weighted by molar-refractivity contribution is -0.138. The summed E-state index contributed by atoms with van der Waals surface area (Å²) in [6.07, 6.45) is 2.72. The first-order valence-electron chi connectivity index (χ1n) is 8.24. The zero-order chi connectivity index (χ0) is 18.4. The number of nitrogens with one attached hydrogen (secondary N) is 1. The minimum atomic E-state index is -0.817. The molecule has 1 fully saturated rings. The van der Waals surface area contributed by atoms with Crippen LogP contribution in [0.2, 0.25) is 10.0 Å². The van der Waals surface area contributed by atoms with Crippen LogP contribution in [0.15, 0.2) is 18.2 Å². The predicted molar refractivity (Wildman–Crippen MR) is 107 cm³/mol. The normalized spacial score (nSPS) is 18.1. The Morgan fingerprint density at radius 3 is 2.69 bits per heavy atom. The first kappa shape index (κ1) is 23.0. The van der Waals surface area contributed by atoms with Crippen molar-refractivity contribution in [1.82, 2.24) is 9.80 Å². The van der Waals surface area contributed by atoms with Crippen molar-refractivity contribution in [2.75, 3.05) is 38.5 Å². The highest BCUT2D eigenvalue weighted by atomic mass is 35.5. The number of aliphatic carboxylic acids is 1. The van der Waals surface area contributed by atoms with E-state index in [4.69, 9.17) is 28.3 Å². The summed E-state index contributed by atoms with van der Waals surface area (Å²) in [5.41, 5.74) is 0.546. The molecule has 1 amide bonds. The van der Waals surface area contributed by atoms with Crippen LogP contribution in [-0.4, -0.2) is 66.1 Å². The third-order valence-corrected chi connectivity index (χ3v) is 4.92. The minimum Gasteiger partial charge on any atom is -0.480 e. The molecule has 2 N–H and O–H groups in total. The van der Waals surface area contributed by atoms with Crippen molar-refractivity contribution in [1.29, 1.82) is 0 Å². The van der Waals surface area contributed by atoms with Crippen molar-refractivity contribution < 1.29 is 14.7 Å². The van der Waals surface area contributed by atoms with Crippen molar-refractivity contribution >= 4 is 53.2 Å². The van der Waals surface area contributed by atoms with Gasteiger partial charge >= 0.3 is 5.97 Å². The van der Waals surface area contributed by atoms with Crippen molar-refractivity contribution in [2.45, 2.75) is 25.3 Å². The molecular formula is C17H24Cl3N3O3. The number of likely N-dealkylation sites (N-methyl/N-ethyl adjacent to an activating group) is 1. The molecule has 0 saturated carbocycles. The number of anilines is 1. The van der Waals surface area contributed by atoms with Gasteiger partial charge in [-0.15, -0.1) is 12.4 Å². The molecule has 1 aliphatic rings. The number of hydrogen-bond acceptors (Lipinski definition) is 4. The van der Waals surface area contributed by atoms with Crippen LogP contribution in [-0.2, 0) is 9.59 Å². The fourth-order valence-corrected chi connectivity index (χ4v) is 3.52. The number of nitrogens with zero attached hydrogens (tertiary/aromatic N) is 2. The Balaban J connectivity index is 0.00000338. The highest BCUT2D eigenvalue weighted by molar-refractivity contribution is 6.36. The number of hydrogen-bond donors (Lipinski definition) is 2. The molecule has 1 atom stereocenters. The second-order valence-electron chi connectivity index (χ2n) is 6.34. The Kier molecular flexibility index (Phi) is 9.68. The monoisotopic (exact) mass is 423 g/mol. The summed E-state index contributed by atoms with van der Waals surface area (Å²) in [4.78, 5) is 27.1. The third-order valence-electron chi connectivity index (χ3n) is 4.37. The van der Waals surface area contributed by atoms with Crippen LogP contribution in [0.25, 0.3) is 0 Å². The van der Waals surface area contributed by atoms with Crippen molar-refractivity contribution in [2.24, 2.45) is 0 Å². The molecule has 146 valence electrons. The molecule has 1 aliphatic heterocycles. The van der Waals surface area contributed by atoms with Gasteiger partial charge in [0.25, 0.3) is 0 Å². The lowest BCUT2D eigenvalue weighted by atomic mass is 10.1. The first-order valence-corrected chi connectivity index (χ1v) is 9.00. The van der Waals surface area contributed by atoms with E-state index in [1.807, 2.05) is 11.9 Å². The number of carboxylic acid groups (broad SMARTS) is 1. The van der Waals surface area contributed by atoms with Gasteiger partial charge < -0.3 is 10.4 Å². The molecule has 0 spiro atoms. The average Bonchev–Trinajstić information content (AvgIpc) is 2.75. The SMILES string of the molecule is CN(CC(=O)O)C1CCCN(CC(=O)Nc2ccc(Cl)cc2Cl)CC1.Cl. The van der Waals surface area contributed by atoms with Gasteiger partial charge in [0.2, 0.25) is 5.91 Å². The summed E-state index contributed by atoms with van der Waals surface area (Å²) in [5.74, 6) is -0.940. The van der Waals surface area contributed by atoms with E-state index in [-0.39, 0.29) is 37.4 Å². The van der Waals surface area contributed by atoms with Gasteiger partial charge in [0.1, 0.15) is 0 Å². The quantitative estimate of drug-likeness (QED) is 0.733. The number of benzene rings is 1. The molecule has 0 bridgehead atoms. The van der Waals surface area contributed by atoms with Crippen LogP contribution in [0.1, 0.15) is 19.3 Å². The summed E-state index contributed by atoms with van der Waals surface area (Å²) in [6, 6.07) is 5.18. The van der Waals surface area contributed by atoms with Crippen molar-refractivity contribution in [3.8, 4) is 0 Å². The maximum absolute atomic E-state index is 12.3. The standard InChI is InChI=1S/C17H23Cl2N3O3.ClH/c1-21(11-17(24)25)13-3-2-7-22(8-6-13)10-16(23)20-15-5-4-12(18)9-14(15)19;/h4-5,9,13H,2-3,6-8,10-11H2,1H3,(H,20,23)(H,24,25);1H. The van der Waals surface area contributed by atoms with E-state index in [1.54, 1.807) is 18.2 Å². The van der Waals surface area contributed by atoms with Crippen molar-refractivity contribution in [3.63, 3.8) is 0 Å². The highest BCUT2D eigenvalue weighted by Gasteiger charge is 2.22. The van der Waals surface area contributed by atoms with Crippen LogP contribution in [0.3, 0.4) is 0 Å². The largest absolute Gasteiger partial charge is 0.480 e. The van der Waals surface area contributed by atoms with Gasteiger partial charge in [-0.1, -0.05) is 23.2 Å². The Hall–Kier alpha value is -1.05. The van der Waals surface area contributed by atoms with Gasteiger partial charge in [0.15, 0.2) is 0 Å². The van der Waals surface area contributed by atoms with E-state index in [0.29, 0.717) is 15.7 Å². The number of rotatable bonds is 6. The summed E-state index contributed by atoms with van der Waals surface area (Å²) >= 11 is 11.9. The Bertz CT molecular complexity index is 631. The van der Waals surface area contributed by atoms with Gasteiger partial charge in [0.05, 0.1) is 23.8 Å². The van der Waals surface area contributed by atoms with Crippen LogP contribution in [0, 0.1) is 0 Å². The van der Waals surface area contributed by atoms with E-state index < -0.39 is 5.97 Å². The number of carboxylic acids is 1. The second-order valence-corrected chi connectivity index (χ2v) is 7.19. The summed E-state index contributed by atoms with van der Waals surface area (Å²) < 4.78 is 0. The number of carbonyl (C=O) groups excluding carboxylic acids is 1. The third kappa shape index (κ3) is 7.29. The van der Waals surface area contributed by atoms with Crippen LogP contribution < -0.4 is 5.32 Å². The van der Waals surface area contributed by atoms with Gasteiger partial charge in [-0.25, -0.2) is 0 Å². The van der Waals surface area contributed by atoms with Gasteiger partial charge in [0, 0.05) is 17.6 Å². The Labute approximate surface area is 169 Å². The second kappa shape index (κ2) is 10.9. The topological polar surface area (TPSA) is 72.9 Å². The lowest BCUT2D eigenvalue weighted by Crippen LogP contribution is -2.37. The molecule has 9 heteroatoms. The minimum absolute atomic E-state index is 0. The number of halogens is 3. The van der Waals surface area contributed by atoms with Crippen LogP contribution >= 0.6 is 35.6 Å². The first-order chi connectivity index (χ1) is 11.8. The number of likely N-dealkylation sites (tertiary alicyclic amines) is 1. The van der Waals surface area contributed by atoms with Gasteiger partial charge in [-0.05, 0) is 51.1 Å². The van der Waals surface area contributed by atoms with E-state index in [1.165, 1.54) is 0 Å². The molecule has 2 rings (SSSR count). The summed E-state index contributed by atoms with van der Waals surface area (Å²) in [6.45, 7) is 1.91. The van der Waals surface area contributed by atoms with E-state index in [2.05, 4.69) is 10.2 Å². The fourth-order valence-electron chi connectivity index (χ4n) is 3.06. The van der Waals surface area contributed by atoms with E-state index in [9.17, 15) is 9.59 Å². The zero-order valence-electron chi connectivity index (χ0n) is 14.6. The molecule has 1 saturated heterocycles. The van der Waals surface area contributed by atoms with E-state index in [0.717, 1.165) is 32.4 Å². The van der Waals surface area contributed by atoms with Gasteiger partial charge in [-0.2, -0.15) is 0 Å². The summed E-state index contributed by atoms with van der Waals surface area (Å²) in [5, 5.41) is 12.6. The zero-order valence-corrected chi connectivity index (χ0v) is 16.9. The summed E-state index contributed by atoms with van der Waals surface area (Å²) in [7, 11) is 1.84. The molecule has 1 unspecified atom stereocenters. The molecule has 1 aromatic rings. The molecule has 0 aromatic heterocycles. The molecule has 0 aliphatic carbocycles. The fraction of sp³-hybridized carbons (Fsp3) is 0.529. The maximum atomic E-state index is 12.3. The lowest BCUT2D eigenvalue weighted by Gasteiger charge is -2.25. The van der Waals surface area contributed by atoms with Crippen LogP contribution in [0.5, 0.6) is 0 Å². The molecule has 0 radical (unpaired) electrons. The average molecular weight is 425 g/mol. The van der Waals surface area contributed by atoms with Crippen molar-refractivity contribution in [3.05, 3.63) is 28.2 Å². The van der Waals surface area contributed by atoms with Crippen LogP contribution in [0.4, 0.5) is 5.69 Å². The molecule has 6 nitrogen and oxygen atoms in total. The number of amides is 1. The highest BCUT2D eigenvalue weighted by Crippen LogP contribution is 2.25. The van der Waals surface area contributed by atoms with Gasteiger partial charge in [-0.3, -0.25) is 19.4 Å². The number of carbonyl (C=O) groups is 2. The molecule has 1 heterocycles. The Morgan fingerprint density at radius 1 is 1.31 bits per heavy atom. The predicted octanol–water partition coefficient (Wildman–Crippen LogP) is 3.22. The molecule has 26 heavy (non-hydrogen) atoms. The molecule has 1 aromatic carbocycles. The molecular weight excluding hydrogens is 401 g/mol. The maximum Gasteiger partial charge on any atom is 0.317 e.